The maximum absolute atomic E-state index is 12.7. The van der Waals surface area contributed by atoms with Crippen molar-refractivity contribution >= 4 is 33.6 Å². The number of rotatable bonds is 6. The highest BCUT2D eigenvalue weighted by molar-refractivity contribution is 7.88. The number of amides is 2. The number of nitrogens with zero attached hydrogens (tertiary/aromatic N) is 1. The van der Waals surface area contributed by atoms with Crippen LogP contribution in [0.2, 0.25) is 0 Å². The Morgan fingerprint density at radius 2 is 1.91 bits per heavy atom. The number of nitrogens with two attached hydrogens (primary N) is 1. The first-order valence-corrected chi connectivity index (χ1v) is 12.7. The summed E-state index contributed by atoms with van der Waals surface area (Å²) in [6, 6.07) is 8.96. The molecule has 2 amide bonds. The maximum atomic E-state index is 12.7. The molecule has 9 heteroatoms. The zero-order valence-corrected chi connectivity index (χ0v) is 19.8. The van der Waals surface area contributed by atoms with Crippen molar-refractivity contribution in [1.82, 2.24) is 4.31 Å². The van der Waals surface area contributed by atoms with E-state index < -0.39 is 28.5 Å². The molecule has 0 aromatic heterocycles. The van der Waals surface area contributed by atoms with Crippen LogP contribution in [0.15, 0.2) is 47.6 Å². The van der Waals surface area contributed by atoms with Crippen LogP contribution in [0, 0.1) is 6.92 Å². The molecule has 2 aliphatic rings. The van der Waals surface area contributed by atoms with Crippen molar-refractivity contribution in [1.29, 1.82) is 0 Å². The smallest absolute Gasteiger partial charge is 0.255 e. The third-order valence-electron chi connectivity index (χ3n) is 6.38. The van der Waals surface area contributed by atoms with Gasteiger partial charge in [0.05, 0.1) is 6.26 Å². The Morgan fingerprint density at radius 3 is 2.53 bits per heavy atom. The summed E-state index contributed by atoms with van der Waals surface area (Å²) < 4.78 is 37.8. The summed E-state index contributed by atoms with van der Waals surface area (Å²) in [6.45, 7) is 1.46. The number of hydrogen-bond acceptors (Lipinski definition) is 4. The number of halogens is 1. The van der Waals surface area contributed by atoms with Gasteiger partial charge in [-0.3, -0.25) is 9.59 Å². The number of alkyl halides is 1. The van der Waals surface area contributed by atoms with Gasteiger partial charge in [-0.15, -0.1) is 0 Å². The molecule has 178 valence electrons. The average Bonchev–Trinajstić information content (AvgIpc) is 3.24. The molecule has 0 spiro atoms. The first kappa shape index (κ1) is 23.8. The van der Waals surface area contributed by atoms with E-state index in [1.165, 1.54) is 10.6 Å². The molecule has 3 N–H and O–H groups in total. The molecule has 2 aromatic rings. The van der Waals surface area contributed by atoms with Crippen LogP contribution in [0.3, 0.4) is 0 Å². The second-order valence-electron chi connectivity index (χ2n) is 8.52. The highest BCUT2D eigenvalue weighted by atomic mass is 32.2. The van der Waals surface area contributed by atoms with Gasteiger partial charge in [0, 0.05) is 24.3 Å². The van der Waals surface area contributed by atoms with E-state index in [2.05, 4.69) is 5.32 Å². The SMILES string of the molecule is Cc1c(NC(=O)CF)cccc1-c1ccc(C(N)=O)c2c1C=C(C1=CCN(S(C)(=O)=O)CC1)C2. The highest BCUT2D eigenvalue weighted by Gasteiger charge is 2.27. The van der Waals surface area contributed by atoms with E-state index in [4.69, 9.17) is 5.73 Å². The standard InChI is InChI=1S/C25H26FN3O4S/c1-15-18(4-3-5-23(15)28-24(30)14-26)19-6-7-20(25(27)31)22-13-17(12-21(19)22)16-8-10-29(11-9-16)34(2,32)33/h3-8,12H,9-11,13-14H2,1-2H3,(H2,27,31)(H,28,30). The van der Waals surface area contributed by atoms with E-state index in [9.17, 15) is 22.4 Å². The molecular weight excluding hydrogens is 457 g/mol. The third kappa shape index (κ3) is 4.53. The number of carbonyl (C=O) groups excluding carboxylic acids is 2. The largest absolute Gasteiger partial charge is 0.366 e. The fourth-order valence-corrected chi connectivity index (χ4v) is 5.37. The Labute approximate surface area is 198 Å². The first-order chi connectivity index (χ1) is 16.1. The van der Waals surface area contributed by atoms with Crippen LogP contribution in [0.1, 0.15) is 33.5 Å². The molecule has 1 aliphatic carbocycles. The van der Waals surface area contributed by atoms with Crippen LogP contribution in [0.25, 0.3) is 17.2 Å². The number of allylic oxidation sites excluding steroid dienone is 1. The van der Waals surface area contributed by atoms with Gasteiger partial charge in [0.1, 0.15) is 0 Å². The lowest BCUT2D eigenvalue weighted by Gasteiger charge is -2.24. The Bertz CT molecular complexity index is 1360. The average molecular weight is 484 g/mol. The molecule has 7 nitrogen and oxygen atoms in total. The van der Waals surface area contributed by atoms with Crippen LogP contribution in [-0.4, -0.2) is 50.6 Å². The summed E-state index contributed by atoms with van der Waals surface area (Å²) in [4.78, 5) is 23.7. The van der Waals surface area contributed by atoms with Crippen LogP contribution < -0.4 is 11.1 Å². The minimum absolute atomic E-state index is 0.312. The van der Waals surface area contributed by atoms with Gasteiger partial charge in [-0.25, -0.2) is 12.8 Å². The fraction of sp³-hybridized carbons (Fsp3) is 0.280. The monoisotopic (exact) mass is 483 g/mol. The Hall–Kier alpha value is -3.30. The van der Waals surface area contributed by atoms with Gasteiger partial charge in [0.2, 0.25) is 15.9 Å². The van der Waals surface area contributed by atoms with Gasteiger partial charge in [-0.2, -0.15) is 4.31 Å². The third-order valence-corrected chi connectivity index (χ3v) is 7.65. The second kappa shape index (κ2) is 9.15. The normalized spacial score (nSPS) is 16.0. The summed E-state index contributed by atoms with van der Waals surface area (Å²) in [5, 5.41) is 2.58. The quantitative estimate of drug-likeness (QED) is 0.658. The zero-order valence-electron chi connectivity index (χ0n) is 19.0. The molecule has 4 rings (SSSR count). The minimum Gasteiger partial charge on any atom is -0.366 e. The van der Waals surface area contributed by atoms with Crippen molar-refractivity contribution in [2.75, 3.05) is 31.3 Å². The van der Waals surface area contributed by atoms with Crippen LogP contribution >= 0.6 is 0 Å². The molecule has 0 saturated carbocycles. The van der Waals surface area contributed by atoms with Gasteiger partial charge >= 0.3 is 0 Å². The van der Waals surface area contributed by atoms with E-state index in [1.807, 2.05) is 31.2 Å². The van der Waals surface area contributed by atoms with E-state index in [-0.39, 0.29) is 0 Å². The van der Waals surface area contributed by atoms with E-state index in [0.29, 0.717) is 37.2 Å². The number of sulfonamides is 1. The summed E-state index contributed by atoms with van der Waals surface area (Å²) in [6.07, 6.45) is 6.26. The number of primary amides is 1. The van der Waals surface area contributed by atoms with Crippen LogP contribution in [0.5, 0.6) is 0 Å². The first-order valence-electron chi connectivity index (χ1n) is 10.9. The number of carbonyl (C=O) groups is 2. The summed E-state index contributed by atoms with van der Waals surface area (Å²) in [7, 11) is -3.25. The summed E-state index contributed by atoms with van der Waals surface area (Å²) in [5.41, 5.74) is 12.9. The number of anilines is 1. The van der Waals surface area contributed by atoms with E-state index in [0.717, 1.165) is 39.0 Å². The van der Waals surface area contributed by atoms with E-state index in [1.54, 1.807) is 18.2 Å². The van der Waals surface area contributed by atoms with Gasteiger partial charge in [0.25, 0.3) is 5.91 Å². The van der Waals surface area contributed by atoms with Crippen molar-refractivity contribution in [3.63, 3.8) is 0 Å². The van der Waals surface area contributed by atoms with Gasteiger partial charge in [0.15, 0.2) is 6.67 Å². The molecule has 0 radical (unpaired) electrons. The minimum atomic E-state index is -3.25. The van der Waals surface area contributed by atoms with E-state index >= 15 is 0 Å². The molecular formula is C25H26FN3O4S. The molecule has 0 saturated heterocycles. The number of fused-ring (bicyclic) bond motifs is 1. The van der Waals surface area contributed by atoms with Crippen LogP contribution in [-0.2, 0) is 21.2 Å². The molecule has 34 heavy (non-hydrogen) atoms. The molecule has 0 bridgehead atoms. The van der Waals surface area contributed by atoms with Gasteiger partial charge < -0.3 is 11.1 Å². The molecule has 0 fully saturated rings. The number of nitrogens with one attached hydrogen (secondary N) is 1. The molecule has 0 unspecified atom stereocenters. The van der Waals surface area contributed by atoms with Crippen LogP contribution in [0.4, 0.5) is 10.1 Å². The predicted molar refractivity (Wildman–Crippen MR) is 131 cm³/mol. The Morgan fingerprint density at radius 1 is 1.15 bits per heavy atom. The number of hydrogen-bond donors (Lipinski definition) is 2. The van der Waals surface area contributed by atoms with Gasteiger partial charge in [-0.1, -0.05) is 30.4 Å². The highest BCUT2D eigenvalue weighted by Crippen LogP contribution is 2.41. The second-order valence-corrected chi connectivity index (χ2v) is 10.5. The molecule has 0 atom stereocenters. The molecule has 1 heterocycles. The lowest BCUT2D eigenvalue weighted by Crippen LogP contribution is -2.34. The summed E-state index contributed by atoms with van der Waals surface area (Å²) in [5.74, 6) is -1.23. The maximum Gasteiger partial charge on any atom is 0.255 e. The summed E-state index contributed by atoms with van der Waals surface area (Å²) >= 11 is 0. The molecule has 1 aliphatic heterocycles. The van der Waals surface area contributed by atoms with Crippen molar-refractivity contribution in [3.05, 3.63) is 69.8 Å². The Balaban J connectivity index is 1.77. The van der Waals surface area contributed by atoms with Crippen molar-refractivity contribution in [3.8, 4) is 11.1 Å². The fourth-order valence-electron chi connectivity index (χ4n) is 4.60. The molecule has 2 aromatic carbocycles. The lowest BCUT2D eigenvalue weighted by molar-refractivity contribution is -0.117. The Kier molecular flexibility index (Phi) is 6.42. The topological polar surface area (TPSA) is 110 Å². The van der Waals surface area contributed by atoms with Gasteiger partial charge in [-0.05, 0) is 70.9 Å². The van der Waals surface area contributed by atoms with Crippen molar-refractivity contribution < 1.29 is 22.4 Å². The predicted octanol–water partition coefficient (Wildman–Crippen LogP) is 3.20. The van der Waals surface area contributed by atoms with Crippen molar-refractivity contribution in [2.24, 2.45) is 5.73 Å². The zero-order chi connectivity index (χ0) is 24.6. The number of benzene rings is 2. The lowest BCUT2D eigenvalue weighted by atomic mass is 9.90. The van der Waals surface area contributed by atoms with Crippen molar-refractivity contribution in [2.45, 2.75) is 19.8 Å².